The number of aliphatic hydroxyl groups is 2. The molecule has 11 nitrogen and oxygen atoms in total. The van der Waals surface area contributed by atoms with Gasteiger partial charge in [-0.05, 0) is 89.7 Å². The van der Waals surface area contributed by atoms with Gasteiger partial charge < -0.3 is 35.7 Å². The Morgan fingerprint density at radius 3 is 2.40 bits per heavy atom. The summed E-state index contributed by atoms with van der Waals surface area (Å²) < 4.78 is 5.98. The van der Waals surface area contributed by atoms with Crippen LogP contribution in [0.3, 0.4) is 0 Å². The van der Waals surface area contributed by atoms with E-state index in [1.807, 2.05) is 66.7 Å². The van der Waals surface area contributed by atoms with Crippen LogP contribution < -0.4 is 16.2 Å². The Bertz CT molecular complexity index is 2720. The number of benzene rings is 5. The first-order valence-electron chi connectivity index (χ1n) is 21.2. The number of aromatic nitrogens is 1. The third kappa shape index (κ3) is 10.3. The summed E-state index contributed by atoms with van der Waals surface area (Å²) in [6.07, 6.45) is 1.08. The molecule has 1 amide bonds. The van der Waals surface area contributed by atoms with Crippen molar-refractivity contribution in [3.05, 3.63) is 194 Å². The molecule has 0 unspecified atom stereocenters. The van der Waals surface area contributed by atoms with Gasteiger partial charge in [-0.2, -0.15) is 0 Å². The van der Waals surface area contributed by atoms with Gasteiger partial charge in [0.2, 0.25) is 11.2 Å². The molecule has 3 atom stereocenters. The number of amides is 1. The van der Waals surface area contributed by atoms with Gasteiger partial charge in [-0.1, -0.05) is 97.1 Å². The number of rotatable bonds is 16. The van der Waals surface area contributed by atoms with Crippen LogP contribution in [0.4, 0.5) is 0 Å². The summed E-state index contributed by atoms with van der Waals surface area (Å²) in [6, 6.07) is 43.8. The Hall–Kier alpha value is -6.41. The fourth-order valence-corrected chi connectivity index (χ4v) is 9.18. The Labute approximate surface area is 369 Å². The molecule has 1 aliphatic heterocycles. The standard InChI is InChI=1S/C51H50N4O7S/c56-44-23-21-42(43-22-25-47(58)54-48(43)44)45(57)30-52-28-34-16-18-37(19-17-34)49(59)53-29-41-20-24-46(63-41)38-12-7-15-40(27-38)51(61,39-13-5-2-6-14-39)50(60)62-33-36-11-8-26-55(32-36)31-35-9-3-1-4-10-35/h1-7,9-10,12-25,27,36,45,52,56-57,61H,8,11,26,28-33H2,(H,53,59)(H,54,58)/t36-,45-,51-/m0/s1. The molecule has 12 heteroatoms. The number of hydrogen-bond donors (Lipinski definition) is 6. The van der Waals surface area contributed by atoms with Crippen LogP contribution in [0.15, 0.2) is 150 Å². The molecule has 1 saturated heterocycles. The third-order valence-electron chi connectivity index (χ3n) is 11.6. The summed E-state index contributed by atoms with van der Waals surface area (Å²) in [6.45, 7) is 3.87. The second-order valence-electron chi connectivity index (χ2n) is 16.1. The first-order chi connectivity index (χ1) is 30.6. The van der Waals surface area contributed by atoms with Crippen molar-refractivity contribution in [3.63, 3.8) is 0 Å². The Balaban J connectivity index is 0.861. The lowest BCUT2D eigenvalue weighted by Crippen LogP contribution is -2.41. The Kier molecular flexibility index (Phi) is 13.6. The Morgan fingerprint density at radius 1 is 0.841 bits per heavy atom. The van der Waals surface area contributed by atoms with Crippen molar-refractivity contribution in [2.45, 2.75) is 44.2 Å². The SMILES string of the molecule is O=C(NCc1ccc(-c2cccc([C@](O)(C(=O)OC[C@H]3CCCN(Cc4ccccc4)C3)c3ccccc3)c2)s1)c1ccc(CNC[C@H](O)c2ccc(O)c3[nH]c(=O)ccc23)cc1. The average molecular weight is 863 g/mol. The number of carbonyl (C=O) groups is 2. The van der Waals surface area contributed by atoms with Crippen LogP contribution in [0.25, 0.3) is 21.3 Å². The lowest BCUT2D eigenvalue weighted by Gasteiger charge is -2.33. The average Bonchev–Trinajstić information content (AvgIpc) is 3.80. The predicted octanol–water partition coefficient (Wildman–Crippen LogP) is 7.41. The number of carbonyl (C=O) groups excluding carboxylic acids is 2. The number of H-pyrrole nitrogens is 1. The zero-order valence-corrected chi connectivity index (χ0v) is 35.5. The van der Waals surface area contributed by atoms with Gasteiger partial charge in [-0.15, -0.1) is 11.3 Å². The minimum atomic E-state index is -2.02. The largest absolute Gasteiger partial charge is 0.506 e. The van der Waals surface area contributed by atoms with E-state index in [0.717, 1.165) is 53.4 Å². The van der Waals surface area contributed by atoms with Gasteiger partial charge in [0.1, 0.15) is 5.75 Å². The maximum Gasteiger partial charge on any atom is 0.347 e. The number of esters is 1. The number of piperidine rings is 1. The first kappa shape index (κ1) is 43.2. The van der Waals surface area contributed by atoms with E-state index < -0.39 is 17.7 Å². The van der Waals surface area contributed by atoms with Crippen molar-refractivity contribution >= 4 is 34.1 Å². The maximum atomic E-state index is 14.0. The van der Waals surface area contributed by atoms with Crippen LogP contribution in [0, 0.1) is 5.92 Å². The summed E-state index contributed by atoms with van der Waals surface area (Å²) in [5.74, 6) is -0.830. The van der Waals surface area contributed by atoms with E-state index in [9.17, 15) is 29.7 Å². The van der Waals surface area contributed by atoms with Gasteiger partial charge in [-0.25, -0.2) is 4.79 Å². The van der Waals surface area contributed by atoms with Gasteiger partial charge in [-0.3, -0.25) is 14.5 Å². The number of hydrogen-bond acceptors (Lipinski definition) is 10. The molecule has 63 heavy (non-hydrogen) atoms. The van der Waals surface area contributed by atoms with Crippen molar-refractivity contribution in [1.82, 2.24) is 20.5 Å². The quantitative estimate of drug-likeness (QED) is 0.0544. The van der Waals surface area contributed by atoms with Gasteiger partial charge in [0.25, 0.3) is 5.91 Å². The van der Waals surface area contributed by atoms with Crippen LogP contribution in [0.1, 0.15) is 62.0 Å². The number of aromatic hydroxyl groups is 1. The highest BCUT2D eigenvalue weighted by atomic mass is 32.1. The molecule has 3 heterocycles. The number of thiophene rings is 1. The van der Waals surface area contributed by atoms with Crippen molar-refractivity contribution in [2.24, 2.45) is 5.92 Å². The van der Waals surface area contributed by atoms with E-state index in [0.29, 0.717) is 40.7 Å². The highest BCUT2D eigenvalue weighted by Gasteiger charge is 2.42. The number of fused-ring (bicyclic) bond motifs is 1. The number of likely N-dealkylation sites (tertiary alicyclic amines) is 1. The predicted molar refractivity (Wildman–Crippen MR) is 245 cm³/mol. The van der Waals surface area contributed by atoms with Crippen molar-refractivity contribution in [3.8, 4) is 16.2 Å². The van der Waals surface area contributed by atoms with Crippen LogP contribution >= 0.6 is 11.3 Å². The number of nitrogens with zero attached hydrogens (tertiary/aromatic N) is 1. The zero-order valence-electron chi connectivity index (χ0n) is 34.7. The summed E-state index contributed by atoms with van der Waals surface area (Å²) in [5.41, 5.74) is 2.84. The van der Waals surface area contributed by atoms with Crippen molar-refractivity contribution in [1.29, 1.82) is 0 Å². The molecule has 2 aromatic heterocycles. The molecule has 322 valence electrons. The second kappa shape index (κ2) is 19.7. The van der Waals surface area contributed by atoms with E-state index in [1.54, 1.807) is 54.6 Å². The minimum absolute atomic E-state index is 0.0654. The summed E-state index contributed by atoms with van der Waals surface area (Å²) >= 11 is 1.52. The summed E-state index contributed by atoms with van der Waals surface area (Å²) in [7, 11) is 0. The molecular formula is C51H50N4O7S. The number of aliphatic hydroxyl groups excluding tert-OH is 1. The lowest BCUT2D eigenvalue weighted by molar-refractivity contribution is -0.164. The lowest BCUT2D eigenvalue weighted by atomic mass is 9.85. The first-order valence-corrected chi connectivity index (χ1v) is 22.0. The molecule has 8 rings (SSSR count). The molecule has 1 fully saturated rings. The molecule has 1 aliphatic rings. The van der Waals surface area contributed by atoms with E-state index in [-0.39, 0.29) is 41.8 Å². The summed E-state index contributed by atoms with van der Waals surface area (Å²) in [4.78, 5) is 45.8. The minimum Gasteiger partial charge on any atom is -0.506 e. The maximum absolute atomic E-state index is 14.0. The van der Waals surface area contributed by atoms with Crippen LogP contribution in [0.2, 0.25) is 0 Å². The van der Waals surface area contributed by atoms with Crippen LogP contribution in [0.5, 0.6) is 5.75 Å². The monoisotopic (exact) mass is 862 g/mol. The number of aromatic amines is 1. The van der Waals surface area contributed by atoms with Gasteiger partial charge in [0.15, 0.2) is 0 Å². The number of nitrogens with one attached hydrogen (secondary N) is 3. The number of phenolic OH excluding ortho intramolecular Hbond substituents is 1. The molecule has 5 aromatic carbocycles. The molecule has 0 bridgehead atoms. The van der Waals surface area contributed by atoms with Gasteiger partial charge >= 0.3 is 5.97 Å². The number of ether oxygens (including phenoxy) is 1. The molecule has 6 N–H and O–H groups in total. The molecule has 7 aromatic rings. The molecule has 0 spiro atoms. The highest BCUT2D eigenvalue weighted by Crippen LogP contribution is 2.36. The van der Waals surface area contributed by atoms with Gasteiger partial charge in [0.05, 0.1) is 24.8 Å². The van der Waals surface area contributed by atoms with Gasteiger partial charge in [0, 0.05) is 64.4 Å². The normalized spacial score (nSPS) is 15.7. The molecular weight excluding hydrogens is 813 g/mol. The fraction of sp³-hybridized carbons (Fsp3) is 0.235. The summed E-state index contributed by atoms with van der Waals surface area (Å²) in [5, 5.41) is 40.2. The highest BCUT2D eigenvalue weighted by molar-refractivity contribution is 7.15. The smallest absolute Gasteiger partial charge is 0.347 e. The topological polar surface area (TPSA) is 164 Å². The molecule has 0 aliphatic carbocycles. The number of pyridine rings is 1. The zero-order chi connectivity index (χ0) is 43.8. The Morgan fingerprint density at radius 2 is 1.60 bits per heavy atom. The van der Waals surface area contributed by atoms with Crippen LogP contribution in [-0.2, 0) is 34.8 Å². The third-order valence-corrected chi connectivity index (χ3v) is 12.7. The molecule has 0 saturated carbocycles. The van der Waals surface area contributed by atoms with Crippen molar-refractivity contribution < 1.29 is 29.6 Å². The van der Waals surface area contributed by atoms with Crippen molar-refractivity contribution in [2.75, 3.05) is 26.2 Å². The van der Waals surface area contributed by atoms with Crippen LogP contribution in [-0.4, -0.2) is 63.3 Å². The second-order valence-corrected chi connectivity index (χ2v) is 17.2. The fourth-order valence-electron chi connectivity index (χ4n) is 8.23. The van der Waals surface area contributed by atoms with E-state index >= 15 is 0 Å². The van der Waals surface area contributed by atoms with E-state index in [1.165, 1.54) is 29.0 Å². The molecule has 0 radical (unpaired) electrons. The van der Waals surface area contributed by atoms with E-state index in [4.69, 9.17) is 4.74 Å². The number of phenols is 1. The van der Waals surface area contributed by atoms with E-state index in [2.05, 4.69) is 32.7 Å².